The average molecular weight is 435 g/mol. The summed E-state index contributed by atoms with van der Waals surface area (Å²) in [6, 6.07) is 16.5. The van der Waals surface area contributed by atoms with Crippen LogP contribution in [0.2, 0.25) is 0 Å². The first-order valence-corrected chi connectivity index (χ1v) is 10.3. The zero-order chi connectivity index (χ0) is 22.5. The van der Waals surface area contributed by atoms with Crippen molar-refractivity contribution in [2.75, 3.05) is 37.5 Å². The van der Waals surface area contributed by atoms with Crippen LogP contribution in [0.3, 0.4) is 0 Å². The second kappa shape index (κ2) is 9.47. The van der Waals surface area contributed by atoms with Gasteiger partial charge < -0.3 is 29.4 Å². The van der Waals surface area contributed by atoms with E-state index in [4.69, 9.17) is 13.9 Å². The highest BCUT2D eigenvalue weighted by molar-refractivity contribution is 6.39. The van der Waals surface area contributed by atoms with Gasteiger partial charge in [0.2, 0.25) is 0 Å². The minimum Gasteiger partial charge on any atom is -0.493 e. The minimum atomic E-state index is -0.766. The second-order valence-electron chi connectivity index (χ2n) is 7.34. The van der Waals surface area contributed by atoms with E-state index in [1.165, 1.54) is 19.8 Å². The van der Waals surface area contributed by atoms with E-state index in [1.54, 1.807) is 24.5 Å². The number of carbonyl (C=O) groups is 2. The zero-order valence-electron chi connectivity index (χ0n) is 18.0. The monoisotopic (exact) mass is 435 g/mol. The SMILES string of the molecule is COc1ccc(NC(=O)C(=O)NCC(c2ccco2)N2CCc3ccccc32)cc1OC. The number of carbonyl (C=O) groups excluding carboxylic acids is 2. The van der Waals surface area contributed by atoms with Gasteiger partial charge >= 0.3 is 11.8 Å². The molecular weight excluding hydrogens is 410 g/mol. The summed E-state index contributed by atoms with van der Waals surface area (Å²) in [4.78, 5) is 27.2. The number of methoxy groups -OCH3 is 2. The summed E-state index contributed by atoms with van der Waals surface area (Å²) in [5.41, 5.74) is 2.79. The van der Waals surface area contributed by atoms with Crippen LogP contribution >= 0.6 is 0 Å². The molecule has 4 rings (SSSR count). The molecule has 0 spiro atoms. The van der Waals surface area contributed by atoms with Crippen molar-refractivity contribution in [1.29, 1.82) is 0 Å². The molecule has 8 nitrogen and oxygen atoms in total. The predicted octanol–water partition coefficient (Wildman–Crippen LogP) is 3.16. The van der Waals surface area contributed by atoms with Gasteiger partial charge in [0.05, 0.1) is 20.5 Å². The van der Waals surface area contributed by atoms with Gasteiger partial charge in [-0.15, -0.1) is 0 Å². The maximum Gasteiger partial charge on any atom is 0.313 e. The second-order valence-corrected chi connectivity index (χ2v) is 7.34. The van der Waals surface area contributed by atoms with E-state index in [9.17, 15) is 9.59 Å². The van der Waals surface area contributed by atoms with Gasteiger partial charge in [-0.3, -0.25) is 9.59 Å². The zero-order valence-corrected chi connectivity index (χ0v) is 18.0. The molecule has 0 saturated heterocycles. The molecule has 166 valence electrons. The Bertz CT molecular complexity index is 1100. The number of nitrogens with zero attached hydrogens (tertiary/aromatic N) is 1. The molecule has 3 aromatic rings. The van der Waals surface area contributed by atoms with Crippen LogP contribution in [0, 0.1) is 0 Å². The van der Waals surface area contributed by atoms with Crippen molar-refractivity contribution in [3.05, 3.63) is 72.2 Å². The number of nitrogens with one attached hydrogen (secondary N) is 2. The Labute approximate surface area is 186 Å². The summed E-state index contributed by atoms with van der Waals surface area (Å²) >= 11 is 0. The summed E-state index contributed by atoms with van der Waals surface area (Å²) in [7, 11) is 3.03. The van der Waals surface area contributed by atoms with Gasteiger partial charge in [0.15, 0.2) is 11.5 Å². The molecule has 0 bridgehead atoms. The molecule has 1 atom stereocenters. The molecule has 8 heteroatoms. The molecule has 2 N–H and O–H groups in total. The normalized spacial score (nSPS) is 13.2. The fourth-order valence-electron chi connectivity index (χ4n) is 3.90. The first kappa shape index (κ1) is 21.3. The van der Waals surface area contributed by atoms with Gasteiger partial charge in [-0.1, -0.05) is 18.2 Å². The highest BCUT2D eigenvalue weighted by Gasteiger charge is 2.29. The quantitative estimate of drug-likeness (QED) is 0.554. The third-order valence-corrected chi connectivity index (χ3v) is 5.47. The lowest BCUT2D eigenvalue weighted by molar-refractivity contribution is -0.136. The van der Waals surface area contributed by atoms with Crippen LogP contribution in [0.25, 0.3) is 0 Å². The number of benzene rings is 2. The summed E-state index contributed by atoms with van der Waals surface area (Å²) in [6.07, 6.45) is 2.52. The van der Waals surface area contributed by atoms with Crippen LogP contribution in [0.15, 0.2) is 65.3 Å². The third-order valence-electron chi connectivity index (χ3n) is 5.47. The molecule has 1 aliphatic heterocycles. The highest BCUT2D eigenvalue weighted by Crippen LogP contribution is 2.35. The maximum atomic E-state index is 12.5. The molecular formula is C24H25N3O5. The van der Waals surface area contributed by atoms with Crippen LogP contribution < -0.4 is 25.0 Å². The summed E-state index contributed by atoms with van der Waals surface area (Å²) in [5.74, 6) is 0.210. The molecule has 2 amide bonds. The van der Waals surface area contributed by atoms with E-state index in [0.29, 0.717) is 17.2 Å². The van der Waals surface area contributed by atoms with Crippen LogP contribution in [-0.4, -0.2) is 39.1 Å². The number of anilines is 2. The molecule has 0 radical (unpaired) electrons. The van der Waals surface area contributed by atoms with E-state index in [0.717, 1.165) is 24.4 Å². The lowest BCUT2D eigenvalue weighted by Gasteiger charge is -2.29. The molecule has 1 unspecified atom stereocenters. The van der Waals surface area contributed by atoms with E-state index in [1.807, 2.05) is 24.3 Å². The van der Waals surface area contributed by atoms with Crippen LogP contribution in [-0.2, 0) is 16.0 Å². The molecule has 0 fully saturated rings. The fourth-order valence-corrected chi connectivity index (χ4v) is 3.90. The molecule has 2 heterocycles. The number of ether oxygens (including phenoxy) is 2. The summed E-state index contributed by atoms with van der Waals surface area (Å²) in [6.45, 7) is 1.03. The number of rotatable bonds is 7. The van der Waals surface area contributed by atoms with E-state index < -0.39 is 11.8 Å². The first-order valence-electron chi connectivity index (χ1n) is 10.3. The van der Waals surface area contributed by atoms with Gasteiger partial charge in [-0.2, -0.15) is 0 Å². The Kier molecular flexibility index (Phi) is 6.30. The molecule has 0 aliphatic carbocycles. The number of para-hydroxylation sites is 1. The minimum absolute atomic E-state index is 0.222. The number of hydrogen-bond acceptors (Lipinski definition) is 6. The van der Waals surface area contributed by atoms with Crippen molar-refractivity contribution in [3.8, 4) is 11.5 Å². The molecule has 2 aromatic carbocycles. The van der Waals surface area contributed by atoms with Crippen molar-refractivity contribution in [2.45, 2.75) is 12.5 Å². The fraction of sp³-hybridized carbons (Fsp3) is 0.250. The van der Waals surface area contributed by atoms with Gasteiger partial charge in [0.25, 0.3) is 0 Å². The van der Waals surface area contributed by atoms with Crippen molar-refractivity contribution in [1.82, 2.24) is 5.32 Å². The Morgan fingerprint density at radius 3 is 2.59 bits per heavy atom. The molecule has 1 aromatic heterocycles. The lowest BCUT2D eigenvalue weighted by Crippen LogP contribution is -2.41. The van der Waals surface area contributed by atoms with Crippen molar-refractivity contribution in [2.24, 2.45) is 0 Å². The predicted molar refractivity (Wildman–Crippen MR) is 120 cm³/mol. The molecule has 32 heavy (non-hydrogen) atoms. The highest BCUT2D eigenvalue weighted by atomic mass is 16.5. The van der Waals surface area contributed by atoms with Crippen molar-refractivity contribution in [3.63, 3.8) is 0 Å². The van der Waals surface area contributed by atoms with Gasteiger partial charge in [-0.05, 0) is 42.3 Å². The molecule has 0 saturated carbocycles. The van der Waals surface area contributed by atoms with Gasteiger partial charge in [0.1, 0.15) is 11.8 Å². The number of amides is 2. The number of hydrogen-bond donors (Lipinski definition) is 2. The average Bonchev–Trinajstić information content (AvgIpc) is 3.50. The Morgan fingerprint density at radius 1 is 1.03 bits per heavy atom. The largest absolute Gasteiger partial charge is 0.493 e. The Balaban J connectivity index is 1.43. The van der Waals surface area contributed by atoms with Crippen LogP contribution in [0.4, 0.5) is 11.4 Å². The van der Waals surface area contributed by atoms with Crippen molar-refractivity contribution < 1.29 is 23.5 Å². The lowest BCUT2D eigenvalue weighted by atomic mass is 10.1. The Hall–Kier alpha value is -3.94. The van der Waals surface area contributed by atoms with E-state index in [-0.39, 0.29) is 12.6 Å². The smallest absolute Gasteiger partial charge is 0.313 e. The summed E-state index contributed by atoms with van der Waals surface area (Å²) in [5, 5.41) is 5.33. The van der Waals surface area contributed by atoms with E-state index >= 15 is 0 Å². The third kappa shape index (κ3) is 4.39. The van der Waals surface area contributed by atoms with Crippen LogP contribution in [0.5, 0.6) is 11.5 Å². The standard InChI is InChI=1S/C24H25N3O5/c1-30-21-10-9-17(14-22(21)31-2)26-24(29)23(28)25-15-19(20-8-5-13-32-20)27-12-11-16-6-3-4-7-18(16)27/h3-10,13-14,19H,11-12,15H2,1-2H3,(H,25,28)(H,26,29). The van der Waals surface area contributed by atoms with Gasteiger partial charge in [0, 0.05) is 30.5 Å². The van der Waals surface area contributed by atoms with Crippen molar-refractivity contribution >= 4 is 23.2 Å². The number of furan rings is 1. The summed E-state index contributed by atoms with van der Waals surface area (Å²) < 4.78 is 16.1. The first-order chi connectivity index (χ1) is 15.6. The maximum absolute atomic E-state index is 12.5. The van der Waals surface area contributed by atoms with E-state index in [2.05, 4.69) is 27.7 Å². The molecule has 1 aliphatic rings. The number of fused-ring (bicyclic) bond motifs is 1. The topological polar surface area (TPSA) is 93.0 Å². The van der Waals surface area contributed by atoms with Crippen LogP contribution in [0.1, 0.15) is 17.4 Å². The van der Waals surface area contributed by atoms with Gasteiger partial charge in [-0.25, -0.2) is 0 Å². The Morgan fingerprint density at radius 2 is 1.84 bits per heavy atom.